The maximum atomic E-state index is 14.2. The topological polar surface area (TPSA) is 77.1 Å². The van der Waals surface area contributed by atoms with E-state index in [2.05, 4.69) is 91.5 Å². The van der Waals surface area contributed by atoms with Gasteiger partial charge in [0, 0.05) is 72.3 Å². The Bertz CT molecular complexity index is 1780. The molecule has 0 spiro atoms. The average Bonchev–Trinajstić information content (AvgIpc) is 3.41. The van der Waals surface area contributed by atoms with E-state index in [1.54, 1.807) is 7.11 Å². The molecular weight excluding hydrogens is 679 g/mol. The van der Waals surface area contributed by atoms with E-state index >= 15 is 0 Å². The highest BCUT2D eigenvalue weighted by Gasteiger charge is 2.57. The third kappa shape index (κ3) is 8.27. The maximum Gasteiger partial charge on any atom is 0.251 e. The Labute approximate surface area is 322 Å². The number of thioether (sulfide) groups is 1. The predicted octanol–water partition coefficient (Wildman–Crippen LogP) is 7.17. The fourth-order valence-corrected chi connectivity index (χ4v) is 10.5. The van der Waals surface area contributed by atoms with Gasteiger partial charge in [0.2, 0.25) is 5.91 Å². The lowest BCUT2D eigenvalue weighted by Crippen LogP contribution is -2.63. The Morgan fingerprint density at radius 2 is 1.72 bits per heavy atom. The molecule has 9 heteroatoms. The van der Waals surface area contributed by atoms with Crippen molar-refractivity contribution >= 4 is 29.3 Å². The first-order valence-corrected chi connectivity index (χ1v) is 20.2. The third-order valence-electron chi connectivity index (χ3n) is 12.5. The zero-order valence-corrected chi connectivity index (χ0v) is 34.3. The molecule has 2 amide bonds. The number of nitrogens with zero attached hydrogens (tertiary/aromatic N) is 3. The number of hydrogen-bond donors (Lipinski definition) is 2. The van der Waals surface area contributed by atoms with Crippen LogP contribution in [0.25, 0.3) is 11.1 Å². The van der Waals surface area contributed by atoms with Gasteiger partial charge in [-0.2, -0.15) is 0 Å². The standard InChI is InChI=1S/C44H61N5O3S/c1-28-37-23-33(43(37,2)3)24-38(28)46-42(51)40-44(4,5)53-27-49(40)25-30-17-14-18-36(39(30)52-10)31-20-32(22-35(21-31)48(8)9)41(50)45-34(26-47(6)7)19-29-15-12-11-13-16-29/h11-18,20-22,28,33-34,37-38,40H,19,23-27H2,1-10H3,(H,45,50)(H,46,51)/t28-,33+,34-,37-,38-,40+/m0/s1. The summed E-state index contributed by atoms with van der Waals surface area (Å²) >= 11 is 1.84. The van der Waals surface area contributed by atoms with Crippen molar-refractivity contribution in [3.63, 3.8) is 0 Å². The van der Waals surface area contributed by atoms with E-state index in [1.807, 2.05) is 75.2 Å². The number of likely N-dealkylation sites (N-methyl/N-ethyl adjacent to an activating group) is 1. The van der Waals surface area contributed by atoms with Crippen LogP contribution in [-0.4, -0.2) is 92.2 Å². The lowest BCUT2D eigenvalue weighted by molar-refractivity contribution is -0.138. The van der Waals surface area contributed by atoms with Crippen LogP contribution < -0.4 is 20.3 Å². The molecule has 0 aromatic heterocycles. The van der Waals surface area contributed by atoms with E-state index in [-0.39, 0.29) is 34.7 Å². The number of hydrogen-bond acceptors (Lipinski definition) is 7. The minimum Gasteiger partial charge on any atom is -0.496 e. The number of ether oxygens (including phenoxy) is 1. The van der Waals surface area contributed by atoms with Gasteiger partial charge in [-0.05, 0) is 99.7 Å². The molecule has 1 heterocycles. The van der Waals surface area contributed by atoms with Crippen LogP contribution in [0.2, 0.25) is 0 Å². The molecule has 2 N–H and O–H groups in total. The van der Waals surface area contributed by atoms with E-state index < -0.39 is 0 Å². The van der Waals surface area contributed by atoms with Crippen molar-refractivity contribution in [1.29, 1.82) is 0 Å². The quantitative estimate of drug-likeness (QED) is 0.193. The summed E-state index contributed by atoms with van der Waals surface area (Å²) < 4.78 is 5.95. The molecular formula is C44H61N5O3S. The molecule has 0 unspecified atom stereocenters. The number of amides is 2. The highest BCUT2D eigenvalue weighted by atomic mass is 32.2. The average molecular weight is 740 g/mol. The van der Waals surface area contributed by atoms with Crippen LogP contribution in [-0.2, 0) is 17.8 Å². The number of anilines is 1. The number of benzene rings is 3. The summed E-state index contributed by atoms with van der Waals surface area (Å²) in [5.41, 5.74) is 5.94. The SMILES string of the molecule is COc1c(CN2CSC(C)(C)[C@H]2C(=O)N[C@H]2C[C@H]3C[C@@H]([C@@H]2C)C3(C)C)cccc1-c1cc(C(=O)N[C@@H](Cc2ccccc2)CN(C)C)cc(N(C)C)c1. The Balaban J connectivity index is 1.24. The van der Waals surface area contributed by atoms with Crippen LogP contribution in [0.15, 0.2) is 66.7 Å². The molecule has 8 nitrogen and oxygen atoms in total. The van der Waals surface area contributed by atoms with Crippen molar-refractivity contribution in [2.24, 2.45) is 23.2 Å². The van der Waals surface area contributed by atoms with Crippen LogP contribution in [0.3, 0.4) is 0 Å². The molecule has 4 fully saturated rings. The second-order valence-corrected chi connectivity index (χ2v) is 19.0. The normalized spacial score (nSPS) is 25.0. The van der Waals surface area contributed by atoms with Crippen LogP contribution in [0.1, 0.15) is 68.9 Å². The summed E-state index contributed by atoms with van der Waals surface area (Å²) in [5, 5.41) is 6.88. The molecule has 3 aliphatic carbocycles. The Hall–Kier alpha value is -3.53. The first-order valence-electron chi connectivity index (χ1n) is 19.3. The summed E-state index contributed by atoms with van der Waals surface area (Å²) in [7, 11) is 9.77. The van der Waals surface area contributed by atoms with Crippen molar-refractivity contribution in [3.8, 4) is 16.9 Å². The number of carbonyl (C=O) groups is 2. The van der Waals surface area contributed by atoms with Crippen LogP contribution in [0.4, 0.5) is 5.69 Å². The lowest BCUT2D eigenvalue weighted by atomic mass is 9.45. The zero-order valence-electron chi connectivity index (χ0n) is 33.5. The zero-order chi connectivity index (χ0) is 38.2. The van der Waals surface area contributed by atoms with Crippen LogP contribution >= 0.6 is 11.8 Å². The summed E-state index contributed by atoms with van der Waals surface area (Å²) in [6.45, 7) is 12.8. The minimum atomic E-state index is -0.266. The van der Waals surface area contributed by atoms with Crippen LogP contribution in [0.5, 0.6) is 5.75 Å². The van der Waals surface area contributed by atoms with Gasteiger partial charge >= 0.3 is 0 Å². The molecule has 3 aromatic carbocycles. The third-order valence-corrected chi connectivity index (χ3v) is 13.9. The lowest BCUT2D eigenvalue weighted by Gasteiger charge is -2.62. The Kier molecular flexibility index (Phi) is 11.6. The first-order chi connectivity index (χ1) is 25.1. The molecule has 4 aliphatic rings. The van der Waals surface area contributed by atoms with Gasteiger partial charge in [0.25, 0.3) is 5.91 Å². The Morgan fingerprint density at radius 1 is 0.981 bits per heavy atom. The van der Waals surface area contributed by atoms with E-state index in [4.69, 9.17) is 4.74 Å². The van der Waals surface area contributed by atoms with E-state index in [9.17, 15) is 9.59 Å². The Morgan fingerprint density at radius 3 is 2.36 bits per heavy atom. The maximum absolute atomic E-state index is 14.2. The fraction of sp³-hybridized carbons (Fsp3) is 0.545. The van der Waals surface area contributed by atoms with Gasteiger partial charge in [-0.15, -0.1) is 11.8 Å². The van der Waals surface area contributed by atoms with Crippen molar-refractivity contribution in [1.82, 2.24) is 20.4 Å². The van der Waals surface area contributed by atoms with Gasteiger partial charge in [-0.1, -0.05) is 69.3 Å². The van der Waals surface area contributed by atoms with Gasteiger partial charge in [-0.3, -0.25) is 14.5 Å². The highest BCUT2D eigenvalue weighted by molar-refractivity contribution is 8.00. The molecule has 6 atom stereocenters. The van der Waals surface area contributed by atoms with Crippen molar-refractivity contribution in [3.05, 3.63) is 83.4 Å². The van der Waals surface area contributed by atoms with Crippen LogP contribution in [0, 0.1) is 23.2 Å². The molecule has 286 valence electrons. The van der Waals surface area contributed by atoms with Gasteiger partial charge in [0.1, 0.15) is 11.8 Å². The molecule has 53 heavy (non-hydrogen) atoms. The number of carbonyl (C=O) groups excluding carboxylic acids is 2. The number of nitrogens with one attached hydrogen (secondary N) is 2. The van der Waals surface area contributed by atoms with Gasteiger partial charge < -0.3 is 25.2 Å². The summed E-state index contributed by atoms with van der Waals surface area (Å²) in [6, 6.07) is 22.5. The molecule has 1 saturated heterocycles. The summed E-state index contributed by atoms with van der Waals surface area (Å²) in [6.07, 6.45) is 3.11. The number of rotatable bonds is 13. The fourth-order valence-electron chi connectivity index (χ4n) is 9.38. The molecule has 3 aromatic rings. The summed E-state index contributed by atoms with van der Waals surface area (Å²) in [4.78, 5) is 34.6. The molecule has 7 rings (SSSR count). The predicted molar refractivity (Wildman–Crippen MR) is 220 cm³/mol. The van der Waals surface area contributed by atoms with Crippen molar-refractivity contribution < 1.29 is 14.3 Å². The van der Waals surface area contributed by atoms with Gasteiger partial charge in [-0.25, -0.2) is 0 Å². The summed E-state index contributed by atoms with van der Waals surface area (Å²) in [5.74, 6) is 3.40. The second kappa shape index (κ2) is 15.7. The molecule has 1 aliphatic heterocycles. The van der Waals surface area contributed by atoms with E-state index in [0.717, 1.165) is 53.4 Å². The van der Waals surface area contributed by atoms with E-state index in [0.29, 0.717) is 35.3 Å². The second-order valence-electron chi connectivity index (χ2n) is 17.4. The molecule has 2 bridgehead atoms. The minimum absolute atomic E-state index is 0.0594. The number of fused-ring (bicyclic) bond motifs is 2. The van der Waals surface area contributed by atoms with E-state index in [1.165, 1.54) is 12.0 Å². The smallest absolute Gasteiger partial charge is 0.251 e. The van der Waals surface area contributed by atoms with Crippen molar-refractivity contribution in [2.45, 2.75) is 83.3 Å². The van der Waals surface area contributed by atoms with Gasteiger partial charge in [0.15, 0.2) is 0 Å². The molecule has 3 saturated carbocycles. The largest absolute Gasteiger partial charge is 0.496 e. The van der Waals surface area contributed by atoms with Crippen molar-refractivity contribution in [2.75, 3.05) is 52.6 Å². The number of para-hydroxylation sites is 1. The molecule has 0 radical (unpaired) electrons. The number of methoxy groups -OCH3 is 1. The van der Waals surface area contributed by atoms with Gasteiger partial charge in [0.05, 0.1) is 7.11 Å². The monoisotopic (exact) mass is 739 g/mol. The highest BCUT2D eigenvalue weighted by Crippen LogP contribution is 2.61. The first kappa shape index (κ1) is 39.2.